The van der Waals surface area contributed by atoms with Crippen molar-refractivity contribution in [1.29, 1.82) is 0 Å². The van der Waals surface area contributed by atoms with Gasteiger partial charge in [0.1, 0.15) is 5.82 Å². The molecule has 0 aliphatic heterocycles. The van der Waals surface area contributed by atoms with E-state index >= 15 is 0 Å². The molecule has 0 amide bonds. The minimum atomic E-state index is -0.390. The molecule has 2 rings (SSSR count). The van der Waals surface area contributed by atoms with Crippen LogP contribution < -0.4 is 5.32 Å². The van der Waals surface area contributed by atoms with Gasteiger partial charge in [-0.15, -0.1) is 0 Å². The molecule has 0 aliphatic rings. The normalized spacial score (nSPS) is 12.1. The third kappa shape index (κ3) is 3.64. The second-order valence-electron chi connectivity index (χ2n) is 5.00. The van der Waals surface area contributed by atoms with Gasteiger partial charge in [-0.05, 0) is 25.5 Å². The Bertz CT molecular complexity index is 658. The number of nitrogens with zero attached hydrogens (tertiary/aromatic N) is 1. The summed E-state index contributed by atoms with van der Waals surface area (Å²) in [4.78, 5) is 10.5. The summed E-state index contributed by atoms with van der Waals surface area (Å²) in [5, 5.41) is 14.1. The second kappa shape index (κ2) is 6.45. The highest BCUT2D eigenvalue weighted by molar-refractivity contribution is 5.42. The molecule has 4 nitrogen and oxygen atoms in total. The quantitative estimate of drug-likeness (QED) is 0.670. The maximum absolute atomic E-state index is 13.7. The molecule has 0 radical (unpaired) electrons. The lowest BCUT2D eigenvalue weighted by Crippen LogP contribution is -2.19. The molecule has 0 unspecified atom stereocenters. The van der Waals surface area contributed by atoms with E-state index in [0.717, 1.165) is 5.56 Å². The molecule has 1 atom stereocenters. The number of nitro groups is 1. The molecule has 0 fully saturated rings. The third-order valence-corrected chi connectivity index (χ3v) is 3.45. The van der Waals surface area contributed by atoms with Gasteiger partial charge in [0.25, 0.3) is 5.69 Å². The van der Waals surface area contributed by atoms with Gasteiger partial charge < -0.3 is 5.32 Å². The van der Waals surface area contributed by atoms with E-state index in [1.165, 1.54) is 6.07 Å². The Morgan fingerprint density at radius 2 is 2.00 bits per heavy atom. The number of aryl methyl sites for hydroxylation is 1. The number of rotatable bonds is 5. The molecule has 0 saturated carbocycles. The van der Waals surface area contributed by atoms with E-state index in [2.05, 4.69) is 5.32 Å². The Kier molecular flexibility index (Phi) is 4.65. The van der Waals surface area contributed by atoms with Crippen LogP contribution in [0, 0.1) is 22.9 Å². The average Bonchev–Trinajstić information content (AvgIpc) is 2.46. The summed E-state index contributed by atoms with van der Waals surface area (Å²) < 4.78 is 13.7. The van der Waals surface area contributed by atoms with Gasteiger partial charge in [0.05, 0.1) is 4.92 Å². The fourth-order valence-corrected chi connectivity index (χ4v) is 2.17. The number of benzene rings is 2. The SMILES string of the molecule is Cc1ccc(CN[C@H](C)c2ccccc2F)cc1[N+](=O)[O-]. The monoisotopic (exact) mass is 288 g/mol. The van der Waals surface area contributed by atoms with Crippen molar-refractivity contribution >= 4 is 5.69 Å². The van der Waals surface area contributed by atoms with Crippen LogP contribution in [0.15, 0.2) is 42.5 Å². The van der Waals surface area contributed by atoms with Crippen LogP contribution >= 0.6 is 0 Å². The maximum Gasteiger partial charge on any atom is 0.272 e. The summed E-state index contributed by atoms with van der Waals surface area (Å²) in [6.07, 6.45) is 0. The van der Waals surface area contributed by atoms with Crippen LogP contribution in [-0.4, -0.2) is 4.92 Å². The fraction of sp³-hybridized carbons (Fsp3) is 0.250. The average molecular weight is 288 g/mol. The smallest absolute Gasteiger partial charge is 0.272 e. The van der Waals surface area contributed by atoms with E-state index in [4.69, 9.17) is 0 Å². The zero-order valence-corrected chi connectivity index (χ0v) is 12.0. The first-order valence-corrected chi connectivity index (χ1v) is 6.70. The standard InChI is InChI=1S/C16H17FN2O2/c1-11-7-8-13(9-16(11)19(20)21)10-18-12(2)14-5-3-4-6-15(14)17/h3-9,12,18H,10H2,1-2H3/t12-/m1/s1. The summed E-state index contributed by atoms with van der Waals surface area (Å²) in [6.45, 7) is 4.01. The van der Waals surface area contributed by atoms with Crippen molar-refractivity contribution < 1.29 is 9.31 Å². The van der Waals surface area contributed by atoms with Gasteiger partial charge in [0.15, 0.2) is 0 Å². The minimum absolute atomic E-state index is 0.104. The summed E-state index contributed by atoms with van der Waals surface area (Å²) in [5.41, 5.74) is 2.12. The lowest BCUT2D eigenvalue weighted by molar-refractivity contribution is -0.385. The highest BCUT2D eigenvalue weighted by atomic mass is 19.1. The van der Waals surface area contributed by atoms with Gasteiger partial charge in [-0.25, -0.2) is 4.39 Å². The van der Waals surface area contributed by atoms with Crippen molar-refractivity contribution in [2.75, 3.05) is 0 Å². The van der Waals surface area contributed by atoms with E-state index in [1.807, 2.05) is 13.0 Å². The molecule has 0 saturated heterocycles. The Morgan fingerprint density at radius 1 is 1.29 bits per heavy atom. The first-order chi connectivity index (χ1) is 9.99. The number of nitro benzene ring substituents is 1. The maximum atomic E-state index is 13.7. The largest absolute Gasteiger partial charge is 0.306 e. The van der Waals surface area contributed by atoms with Gasteiger partial charge >= 0.3 is 0 Å². The van der Waals surface area contributed by atoms with Crippen molar-refractivity contribution in [3.8, 4) is 0 Å². The molecule has 0 heterocycles. The highest BCUT2D eigenvalue weighted by Crippen LogP contribution is 2.21. The highest BCUT2D eigenvalue weighted by Gasteiger charge is 2.13. The first-order valence-electron chi connectivity index (χ1n) is 6.70. The van der Waals surface area contributed by atoms with Crippen LogP contribution in [0.1, 0.15) is 29.7 Å². The number of nitrogens with one attached hydrogen (secondary N) is 1. The molecule has 110 valence electrons. The molecule has 2 aromatic carbocycles. The zero-order valence-electron chi connectivity index (χ0n) is 12.0. The number of hydrogen-bond acceptors (Lipinski definition) is 3. The van der Waals surface area contributed by atoms with Crippen molar-refractivity contribution in [3.05, 3.63) is 75.1 Å². The van der Waals surface area contributed by atoms with E-state index in [-0.39, 0.29) is 22.5 Å². The third-order valence-electron chi connectivity index (χ3n) is 3.45. The molecule has 1 N–H and O–H groups in total. The molecule has 0 spiro atoms. The van der Waals surface area contributed by atoms with Gasteiger partial charge in [0, 0.05) is 29.8 Å². The van der Waals surface area contributed by atoms with Crippen LogP contribution in [-0.2, 0) is 6.54 Å². The van der Waals surface area contributed by atoms with Crippen molar-refractivity contribution in [3.63, 3.8) is 0 Å². The van der Waals surface area contributed by atoms with Crippen LogP contribution in [0.25, 0.3) is 0 Å². The topological polar surface area (TPSA) is 55.2 Å². The number of halogens is 1. The first kappa shape index (κ1) is 15.1. The van der Waals surface area contributed by atoms with E-state index < -0.39 is 0 Å². The van der Waals surface area contributed by atoms with Gasteiger partial charge in [-0.3, -0.25) is 10.1 Å². The van der Waals surface area contributed by atoms with Crippen molar-refractivity contribution in [2.24, 2.45) is 0 Å². The lowest BCUT2D eigenvalue weighted by Gasteiger charge is -2.15. The van der Waals surface area contributed by atoms with Gasteiger partial charge in [-0.2, -0.15) is 0 Å². The summed E-state index contributed by atoms with van der Waals surface area (Å²) >= 11 is 0. The molecule has 0 bridgehead atoms. The summed E-state index contributed by atoms with van der Waals surface area (Å²) in [5.74, 6) is -0.257. The fourth-order valence-electron chi connectivity index (χ4n) is 2.17. The van der Waals surface area contributed by atoms with Crippen LogP contribution in [0.4, 0.5) is 10.1 Å². The van der Waals surface area contributed by atoms with Gasteiger partial charge in [0.2, 0.25) is 0 Å². The van der Waals surface area contributed by atoms with E-state index in [0.29, 0.717) is 17.7 Å². The Morgan fingerprint density at radius 3 is 2.67 bits per heavy atom. The van der Waals surface area contributed by atoms with Crippen molar-refractivity contribution in [2.45, 2.75) is 26.4 Å². The molecule has 0 aliphatic carbocycles. The van der Waals surface area contributed by atoms with Gasteiger partial charge in [-0.1, -0.05) is 30.3 Å². The molecule has 0 aromatic heterocycles. The van der Waals surface area contributed by atoms with E-state index in [1.54, 1.807) is 37.3 Å². The molecular weight excluding hydrogens is 271 g/mol. The predicted molar refractivity (Wildman–Crippen MR) is 79.5 cm³/mol. The number of hydrogen-bond donors (Lipinski definition) is 1. The van der Waals surface area contributed by atoms with Crippen molar-refractivity contribution in [1.82, 2.24) is 5.32 Å². The molecule has 2 aromatic rings. The summed E-state index contributed by atoms with van der Waals surface area (Å²) in [6, 6.07) is 11.5. The molecular formula is C16H17FN2O2. The molecule has 5 heteroatoms. The molecule has 21 heavy (non-hydrogen) atoms. The zero-order chi connectivity index (χ0) is 15.4. The Labute approximate surface area is 122 Å². The Hall–Kier alpha value is -2.27. The summed E-state index contributed by atoms with van der Waals surface area (Å²) in [7, 11) is 0. The van der Waals surface area contributed by atoms with Crippen LogP contribution in [0.5, 0.6) is 0 Å². The van der Waals surface area contributed by atoms with E-state index in [9.17, 15) is 14.5 Å². The second-order valence-corrected chi connectivity index (χ2v) is 5.00. The lowest BCUT2D eigenvalue weighted by atomic mass is 10.1. The predicted octanol–water partition coefficient (Wildman–Crippen LogP) is 3.89. The Balaban J connectivity index is 2.08. The van der Waals surface area contributed by atoms with Crippen LogP contribution in [0.2, 0.25) is 0 Å². The minimum Gasteiger partial charge on any atom is -0.306 e. The van der Waals surface area contributed by atoms with Crippen LogP contribution in [0.3, 0.4) is 0 Å².